The van der Waals surface area contributed by atoms with Crippen molar-refractivity contribution in [3.8, 4) is 0 Å². The second-order valence-electron chi connectivity index (χ2n) is 3.39. The normalized spacial score (nSPS) is 11.9. The Bertz CT molecular complexity index is 406. The van der Waals surface area contributed by atoms with Gasteiger partial charge in [0.2, 0.25) is 5.91 Å². The van der Waals surface area contributed by atoms with Crippen molar-refractivity contribution in [2.75, 3.05) is 0 Å². The first-order chi connectivity index (χ1) is 7.50. The average molecular weight is 242 g/mol. The van der Waals surface area contributed by atoms with Crippen LogP contribution < -0.4 is 5.32 Å². The van der Waals surface area contributed by atoms with Crippen molar-refractivity contribution in [3.63, 3.8) is 0 Å². The number of carboxylic acid groups (broad SMARTS) is 1. The molecule has 1 aromatic carbocycles. The summed E-state index contributed by atoms with van der Waals surface area (Å²) in [6, 6.07) is 6.01. The van der Waals surface area contributed by atoms with Gasteiger partial charge >= 0.3 is 5.97 Å². The van der Waals surface area contributed by atoms with Crippen molar-refractivity contribution in [1.29, 1.82) is 0 Å². The molecule has 1 atom stereocenters. The van der Waals surface area contributed by atoms with E-state index in [1.165, 1.54) is 6.92 Å². The molecular formula is C11H12ClNO3. The lowest BCUT2D eigenvalue weighted by Crippen LogP contribution is -2.41. The van der Waals surface area contributed by atoms with E-state index in [4.69, 9.17) is 16.7 Å². The van der Waals surface area contributed by atoms with E-state index in [1.807, 2.05) is 0 Å². The van der Waals surface area contributed by atoms with Gasteiger partial charge in [-0.25, -0.2) is 4.79 Å². The average Bonchev–Trinajstić information content (AvgIpc) is 2.19. The third-order valence-electron chi connectivity index (χ3n) is 2.06. The van der Waals surface area contributed by atoms with Crippen molar-refractivity contribution in [2.24, 2.45) is 0 Å². The van der Waals surface area contributed by atoms with Crippen molar-refractivity contribution in [3.05, 3.63) is 34.9 Å². The number of carbonyl (C=O) groups is 2. The Kier molecular flexibility index (Phi) is 4.31. The molecule has 1 amide bonds. The van der Waals surface area contributed by atoms with E-state index >= 15 is 0 Å². The number of halogens is 1. The van der Waals surface area contributed by atoms with Crippen LogP contribution in [0.4, 0.5) is 0 Å². The van der Waals surface area contributed by atoms with Gasteiger partial charge in [-0.3, -0.25) is 4.79 Å². The topological polar surface area (TPSA) is 66.4 Å². The van der Waals surface area contributed by atoms with Crippen LogP contribution in [0.3, 0.4) is 0 Å². The quantitative estimate of drug-likeness (QED) is 0.839. The molecule has 86 valence electrons. The fourth-order valence-corrected chi connectivity index (χ4v) is 1.54. The summed E-state index contributed by atoms with van der Waals surface area (Å²) in [6.45, 7) is 1.28. The van der Waals surface area contributed by atoms with Crippen LogP contribution in [0.5, 0.6) is 0 Å². The largest absolute Gasteiger partial charge is 0.480 e. The number of nitrogens with one attached hydrogen (secondary N) is 1. The van der Waals surface area contributed by atoms with E-state index < -0.39 is 12.0 Å². The molecular weight excluding hydrogens is 230 g/mol. The predicted molar refractivity (Wildman–Crippen MR) is 60.4 cm³/mol. The van der Waals surface area contributed by atoms with Crippen LogP contribution in [0.25, 0.3) is 0 Å². The van der Waals surface area contributed by atoms with Crippen LogP contribution in [0, 0.1) is 0 Å². The standard InChI is InChI=1S/C11H12ClNO3/c1-7(14)13-10(11(15)16)6-8-4-2-3-5-9(8)12/h2-5,10H,6H2,1H3,(H,13,14)(H,15,16)/t10-/m0/s1. The highest BCUT2D eigenvalue weighted by atomic mass is 35.5. The van der Waals surface area contributed by atoms with Gasteiger partial charge in [-0.2, -0.15) is 0 Å². The van der Waals surface area contributed by atoms with Gasteiger partial charge in [0.1, 0.15) is 6.04 Å². The first-order valence-electron chi connectivity index (χ1n) is 4.74. The summed E-state index contributed by atoms with van der Waals surface area (Å²) in [5, 5.41) is 11.8. The Morgan fingerprint density at radius 1 is 1.44 bits per heavy atom. The molecule has 2 N–H and O–H groups in total. The minimum atomic E-state index is -1.07. The van der Waals surface area contributed by atoms with Crippen LogP contribution in [-0.4, -0.2) is 23.0 Å². The Balaban J connectivity index is 2.80. The van der Waals surface area contributed by atoms with Crippen molar-refractivity contribution >= 4 is 23.5 Å². The molecule has 0 spiro atoms. The molecule has 0 aliphatic rings. The summed E-state index contributed by atoms with van der Waals surface area (Å²) >= 11 is 5.90. The molecule has 1 aromatic rings. The van der Waals surface area contributed by atoms with E-state index in [9.17, 15) is 9.59 Å². The molecule has 5 heteroatoms. The smallest absolute Gasteiger partial charge is 0.326 e. The van der Waals surface area contributed by atoms with E-state index in [2.05, 4.69) is 5.32 Å². The van der Waals surface area contributed by atoms with Crippen LogP contribution in [-0.2, 0) is 16.0 Å². The minimum Gasteiger partial charge on any atom is -0.480 e. The van der Waals surface area contributed by atoms with E-state index in [0.717, 1.165) is 0 Å². The number of carbonyl (C=O) groups excluding carboxylic acids is 1. The van der Waals surface area contributed by atoms with Crippen molar-refractivity contribution < 1.29 is 14.7 Å². The van der Waals surface area contributed by atoms with Gasteiger partial charge in [-0.05, 0) is 11.6 Å². The van der Waals surface area contributed by atoms with Gasteiger partial charge in [0.05, 0.1) is 0 Å². The molecule has 1 rings (SSSR count). The fraction of sp³-hybridized carbons (Fsp3) is 0.273. The van der Waals surface area contributed by atoms with Crippen LogP contribution in [0.1, 0.15) is 12.5 Å². The van der Waals surface area contributed by atoms with Crippen LogP contribution >= 0.6 is 11.6 Å². The summed E-state index contributed by atoms with van der Waals surface area (Å²) in [4.78, 5) is 21.7. The maximum Gasteiger partial charge on any atom is 0.326 e. The maximum absolute atomic E-state index is 10.9. The molecule has 0 fully saturated rings. The zero-order valence-electron chi connectivity index (χ0n) is 8.74. The third kappa shape index (κ3) is 3.55. The van der Waals surface area contributed by atoms with Gasteiger partial charge in [-0.15, -0.1) is 0 Å². The van der Waals surface area contributed by atoms with Crippen LogP contribution in [0.2, 0.25) is 5.02 Å². The summed E-state index contributed by atoms with van der Waals surface area (Å²) in [6.07, 6.45) is 0.175. The molecule has 0 saturated heterocycles. The zero-order chi connectivity index (χ0) is 12.1. The van der Waals surface area contributed by atoms with Gasteiger partial charge in [0.25, 0.3) is 0 Å². The summed E-state index contributed by atoms with van der Waals surface area (Å²) in [5.74, 6) is -1.45. The lowest BCUT2D eigenvalue weighted by molar-refractivity contribution is -0.141. The van der Waals surface area contributed by atoms with E-state index in [0.29, 0.717) is 10.6 Å². The number of rotatable bonds is 4. The summed E-state index contributed by atoms with van der Waals surface area (Å²) < 4.78 is 0. The molecule has 0 aromatic heterocycles. The number of hydrogen-bond donors (Lipinski definition) is 2. The SMILES string of the molecule is CC(=O)N[C@@H](Cc1ccccc1Cl)C(=O)O. The number of amides is 1. The molecule has 0 heterocycles. The molecule has 4 nitrogen and oxygen atoms in total. The van der Waals surface area contributed by atoms with E-state index in [1.54, 1.807) is 24.3 Å². The van der Waals surface area contributed by atoms with Gasteiger partial charge in [0, 0.05) is 18.4 Å². The van der Waals surface area contributed by atoms with Crippen molar-refractivity contribution in [2.45, 2.75) is 19.4 Å². The predicted octanol–water partition coefficient (Wildman–Crippen LogP) is 1.47. The number of aliphatic carboxylic acids is 1. The first kappa shape index (κ1) is 12.5. The molecule has 0 unspecified atom stereocenters. The molecule has 16 heavy (non-hydrogen) atoms. The highest BCUT2D eigenvalue weighted by molar-refractivity contribution is 6.31. The maximum atomic E-state index is 10.9. The van der Waals surface area contributed by atoms with E-state index in [-0.39, 0.29) is 12.3 Å². The van der Waals surface area contributed by atoms with Gasteiger partial charge in [-0.1, -0.05) is 29.8 Å². The second-order valence-corrected chi connectivity index (χ2v) is 3.79. The Labute approximate surface area is 98.2 Å². The lowest BCUT2D eigenvalue weighted by Gasteiger charge is -2.13. The zero-order valence-corrected chi connectivity index (χ0v) is 9.49. The molecule has 0 aliphatic heterocycles. The summed E-state index contributed by atoms with van der Waals surface area (Å²) in [5.41, 5.74) is 0.699. The lowest BCUT2D eigenvalue weighted by atomic mass is 10.1. The highest BCUT2D eigenvalue weighted by Crippen LogP contribution is 2.16. The number of carboxylic acids is 1. The minimum absolute atomic E-state index is 0.175. The Morgan fingerprint density at radius 3 is 2.56 bits per heavy atom. The molecule has 0 radical (unpaired) electrons. The van der Waals surface area contributed by atoms with Crippen molar-refractivity contribution in [1.82, 2.24) is 5.32 Å². The first-order valence-corrected chi connectivity index (χ1v) is 5.12. The third-order valence-corrected chi connectivity index (χ3v) is 2.43. The number of benzene rings is 1. The molecule has 0 aliphatic carbocycles. The Hall–Kier alpha value is -1.55. The van der Waals surface area contributed by atoms with Gasteiger partial charge < -0.3 is 10.4 Å². The number of hydrogen-bond acceptors (Lipinski definition) is 2. The van der Waals surface area contributed by atoms with Crippen LogP contribution in [0.15, 0.2) is 24.3 Å². The molecule has 0 saturated carbocycles. The fourth-order valence-electron chi connectivity index (χ4n) is 1.33. The molecule has 0 bridgehead atoms. The summed E-state index contributed by atoms with van der Waals surface area (Å²) in [7, 11) is 0. The monoisotopic (exact) mass is 241 g/mol. The Morgan fingerprint density at radius 2 is 2.06 bits per heavy atom. The van der Waals surface area contributed by atoms with Gasteiger partial charge in [0.15, 0.2) is 0 Å². The highest BCUT2D eigenvalue weighted by Gasteiger charge is 2.19. The second kappa shape index (κ2) is 5.51.